The lowest BCUT2D eigenvalue weighted by Crippen LogP contribution is -2.33. The minimum absolute atomic E-state index is 0.190. The number of amides is 1. The van der Waals surface area contributed by atoms with Crippen molar-refractivity contribution in [3.63, 3.8) is 0 Å². The summed E-state index contributed by atoms with van der Waals surface area (Å²) < 4.78 is 11.9. The highest BCUT2D eigenvalue weighted by Gasteiger charge is 2.10. The maximum absolute atomic E-state index is 11.9. The molecule has 0 atom stereocenters. The average Bonchev–Trinajstić information content (AvgIpc) is 2.40. The van der Waals surface area contributed by atoms with E-state index in [2.05, 4.69) is 22.9 Å². The molecule has 0 spiro atoms. The van der Waals surface area contributed by atoms with Gasteiger partial charge in [-0.25, -0.2) is 0 Å². The first kappa shape index (κ1) is 17.9. The second kappa shape index (κ2) is 13.3. The first-order chi connectivity index (χ1) is 8.76. The van der Waals surface area contributed by atoms with E-state index in [0.29, 0.717) is 11.8 Å². The molecule has 0 N–H and O–H groups in total. The maximum atomic E-state index is 11.9. The second-order valence-electron chi connectivity index (χ2n) is 4.68. The quantitative estimate of drug-likeness (QED) is 0.387. The van der Waals surface area contributed by atoms with E-state index in [0.717, 1.165) is 58.0 Å². The number of hydrogen-bond donors (Lipinski definition) is 0. The van der Waals surface area contributed by atoms with Crippen LogP contribution in [0.4, 0.5) is 4.39 Å². The fourth-order valence-corrected chi connectivity index (χ4v) is 2.25. The third-order valence-electron chi connectivity index (χ3n) is 3.06. The molecule has 0 aromatic heterocycles. The molecule has 0 aliphatic rings. The molecule has 0 aromatic rings. The summed E-state index contributed by atoms with van der Waals surface area (Å²) in [4.78, 5) is 13.6. The molecule has 0 rings (SSSR count). The second-order valence-corrected chi connectivity index (χ2v) is 5.24. The third kappa shape index (κ3) is 9.86. The van der Waals surface area contributed by atoms with E-state index in [1.165, 1.54) is 0 Å². The van der Waals surface area contributed by atoms with E-state index >= 15 is 0 Å². The maximum Gasteiger partial charge on any atom is 0.233 e. The minimum Gasteiger partial charge on any atom is -0.342 e. The van der Waals surface area contributed by atoms with Gasteiger partial charge < -0.3 is 4.90 Å². The minimum atomic E-state index is -0.190. The highest BCUT2D eigenvalue weighted by Crippen LogP contribution is 2.08. The van der Waals surface area contributed by atoms with Crippen molar-refractivity contribution in [1.29, 1.82) is 0 Å². The van der Waals surface area contributed by atoms with E-state index in [1.807, 2.05) is 4.90 Å². The van der Waals surface area contributed by atoms with Crippen LogP contribution >= 0.6 is 15.9 Å². The molecule has 0 aromatic carbocycles. The number of nitrogens with zero attached hydrogens (tertiary/aromatic N) is 1. The Hall–Kier alpha value is -0.120. The summed E-state index contributed by atoms with van der Waals surface area (Å²) in [6.45, 7) is 3.70. The standard InChI is InChI=1S/C14H27BrFNO/c1-2-3-11-17(14(18)13-15)12-9-7-5-4-6-8-10-16/h2-13H2,1H3. The van der Waals surface area contributed by atoms with Crippen molar-refractivity contribution >= 4 is 21.8 Å². The first-order valence-electron chi connectivity index (χ1n) is 7.16. The molecule has 0 radical (unpaired) electrons. The molecule has 0 unspecified atom stereocenters. The first-order valence-corrected chi connectivity index (χ1v) is 8.28. The molecule has 0 heterocycles. The molecular formula is C14H27BrFNO. The van der Waals surface area contributed by atoms with E-state index < -0.39 is 0 Å². The lowest BCUT2D eigenvalue weighted by Gasteiger charge is -2.21. The predicted molar refractivity (Wildman–Crippen MR) is 79.0 cm³/mol. The van der Waals surface area contributed by atoms with Crippen molar-refractivity contribution in [3.8, 4) is 0 Å². The molecule has 4 heteroatoms. The Labute approximate surface area is 119 Å². The van der Waals surface area contributed by atoms with Gasteiger partial charge in [0.25, 0.3) is 0 Å². The lowest BCUT2D eigenvalue weighted by molar-refractivity contribution is -0.128. The summed E-state index contributed by atoms with van der Waals surface area (Å²) in [6.07, 6.45) is 8.38. The van der Waals surface area contributed by atoms with Crippen LogP contribution in [0.1, 0.15) is 58.3 Å². The van der Waals surface area contributed by atoms with Crippen LogP contribution in [0.15, 0.2) is 0 Å². The number of carbonyl (C=O) groups is 1. The van der Waals surface area contributed by atoms with Gasteiger partial charge in [-0.2, -0.15) is 0 Å². The van der Waals surface area contributed by atoms with Crippen molar-refractivity contribution in [2.45, 2.75) is 58.3 Å². The van der Waals surface area contributed by atoms with Crippen LogP contribution in [0.25, 0.3) is 0 Å². The predicted octanol–water partition coefficient (Wildman–Crippen LogP) is 4.32. The Balaban J connectivity index is 3.59. The third-order valence-corrected chi connectivity index (χ3v) is 3.54. The molecule has 0 aliphatic heterocycles. The summed E-state index contributed by atoms with van der Waals surface area (Å²) >= 11 is 3.23. The molecule has 0 saturated carbocycles. The number of hydrogen-bond acceptors (Lipinski definition) is 1. The van der Waals surface area contributed by atoms with Gasteiger partial charge in [-0.1, -0.05) is 55.0 Å². The van der Waals surface area contributed by atoms with Crippen LogP contribution in [-0.2, 0) is 4.79 Å². The summed E-state index contributed by atoms with van der Waals surface area (Å²) in [6, 6.07) is 0. The Morgan fingerprint density at radius 2 is 1.56 bits per heavy atom. The number of halogens is 2. The Morgan fingerprint density at radius 1 is 1.00 bits per heavy atom. The zero-order chi connectivity index (χ0) is 13.6. The van der Waals surface area contributed by atoms with Crippen LogP contribution in [0, 0.1) is 0 Å². The summed E-state index contributed by atoms with van der Waals surface area (Å²) in [5, 5.41) is 0.424. The van der Waals surface area contributed by atoms with Gasteiger partial charge in [0.15, 0.2) is 0 Å². The SMILES string of the molecule is CCCCN(CCCCCCCCF)C(=O)CBr. The number of rotatable bonds is 12. The smallest absolute Gasteiger partial charge is 0.233 e. The lowest BCUT2D eigenvalue weighted by atomic mass is 10.1. The van der Waals surface area contributed by atoms with E-state index in [1.54, 1.807) is 0 Å². The van der Waals surface area contributed by atoms with Crippen LogP contribution in [0.2, 0.25) is 0 Å². The van der Waals surface area contributed by atoms with Gasteiger partial charge in [-0.3, -0.25) is 9.18 Å². The summed E-state index contributed by atoms with van der Waals surface area (Å²) in [7, 11) is 0. The van der Waals surface area contributed by atoms with Crippen molar-refractivity contribution in [2.75, 3.05) is 25.1 Å². The topological polar surface area (TPSA) is 20.3 Å². The highest BCUT2D eigenvalue weighted by atomic mass is 79.9. The average molecular weight is 324 g/mol. The van der Waals surface area contributed by atoms with Crippen molar-refractivity contribution in [1.82, 2.24) is 4.90 Å². The van der Waals surface area contributed by atoms with Crippen molar-refractivity contribution in [3.05, 3.63) is 0 Å². The molecule has 0 fully saturated rings. The van der Waals surface area contributed by atoms with Gasteiger partial charge >= 0.3 is 0 Å². The van der Waals surface area contributed by atoms with Crippen LogP contribution in [-0.4, -0.2) is 35.9 Å². The van der Waals surface area contributed by atoms with E-state index in [-0.39, 0.29) is 12.6 Å². The Bertz CT molecular complexity index is 202. The largest absolute Gasteiger partial charge is 0.342 e. The number of alkyl halides is 2. The molecule has 2 nitrogen and oxygen atoms in total. The van der Waals surface area contributed by atoms with Gasteiger partial charge in [0.1, 0.15) is 0 Å². The van der Waals surface area contributed by atoms with Crippen LogP contribution < -0.4 is 0 Å². The molecule has 108 valence electrons. The van der Waals surface area contributed by atoms with E-state index in [4.69, 9.17) is 0 Å². The van der Waals surface area contributed by atoms with Gasteiger partial charge in [-0.15, -0.1) is 0 Å². The molecule has 0 saturated heterocycles. The van der Waals surface area contributed by atoms with Crippen LogP contribution in [0.3, 0.4) is 0 Å². The van der Waals surface area contributed by atoms with Gasteiger partial charge in [0.2, 0.25) is 5.91 Å². The molecule has 0 bridgehead atoms. The Morgan fingerprint density at radius 3 is 2.11 bits per heavy atom. The zero-order valence-corrected chi connectivity index (χ0v) is 13.2. The monoisotopic (exact) mass is 323 g/mol. The van der Waals surface area contributed by atoms with Crippen molar-refractivity contribution in [2.24, 2.45) is 0 Å². The molecule has 1 amide bonds. The van der Waals surface area contributed by atoms with Gasteiger partial charge in [0, 0.05) is 13.1 Å². The summed E-state index contributed by atoms with van der Waals surface area (Å²) in [5.41, 5.74) is 0. The Kier molecular flexibility index (Phi) is 13.2. The zero-order valence-electron chi connectivity index (χ0n) is 11.6. The van der Waals surface area contributed by atoms with Crippen molar-refractivity contribution < 1.29 is 9.18 Å². The molecular weight excluding hydrogens is 297 g/mol. The fraction of sp³-hybridized carbons (Fsp3) is 0.929. The van der Waals surface area contributed by atoms with E-state index in [9.17, 15) is 9.18 Å². The number of carbonyl (C=O) groups excluding carboxylic acids is 1. The normalized spacial score (nSPS) is 10.6. The van der Waals surface area contributed by atoms with Gasteiger partial charge in [-0.05, 0) is 19.3 Å². The summed E-state index contributed by atoms with van der Waals surface area (Å²) in [5.74, 6) is 0.195. The van der Waals surface area contributed by atoms with Crippen LogP contribution in [0.5, 0.6) is 0 Å². The number of unbranched alkanes of at least 4 members (excludes halogenated alkanes) is 6. The fourth-order valence-electron chi connectivity index (χ4n) is 1.90. The molecule has 0 aliphatic carbocycles. The molecule has 18 heavy (non-hydrogen) atoms. The van der Waals surface area contributed by atoms with Gasteiger partial charge in [0.05, 0.1) is 12.0 Å². The highest BCUT2D eigenvalue weighted by molar-refractivity contribution is 9.09.